The molecule has 0 radical (unpaired) electrons. The van der Waals surface area contributed by atoms with Gasteiger partial charge in [0.25, 0.3) is 0 Å². The number of rotatable bonds is 6. The second-order valence-electron chi connectivity index (χ2n) is 13.3. The highest BCUT2D eigenvalue weighted by Crippen LogP contribution is 2.58. The molecule has 0 N–H and O–H groups in total. The first-order valence-corrected chi connectivity index (χ1v) is 17.7. The Morgan fingerprint density at radius 3 is 1.02 bits per heavy atom. The van der Waals surface area contributed by atoms with Crippen molar-refractivity contribution in [3.8, 4) is 80.0 Å². The molecule has 2 aliphatic rings. The summed E-state index contributed by atoms with van der Waals surface area (Å²) in [7, 11) is 0. The van der Waals surface area contributed by atoms with Gasteiger partial charge in [0.2, 0.25) is 0 Å². The van der Waals surface area contributed by atoms with E-state index >= 15 is 0 Å². The highest BCUT2D eigenvalue weighted by atomic mass is 15.1. The number of hydrogen-bond acceptors (Lipinski definition) is 10. The van der Waals surface area contributed by atoms with Crippen molar-refractivity contribution in [1.82, 2.24) is 49.8 Å². The average molecular weight is 687 g/mol. The highest BCUT2D eigenvalue weighted by Gasteiger charge is 2.45. The largest absolute Gasteiger partial charge is 0.253 e. The molecule has 8 aromatic rings. The standard InChI is InChI=1S/C43H30N10/c1-7-21-44-33(11-1)39-48-37(49-40(52-39)34-12-2-8-22-45-34)27-15-17-29-30-18-16-28(26-32(30)43(31(29)25-27)19-5-6-20-43)38-50-41(35-13-3-9-23-46-35)53-42(51-38)36-14-4-10-24-47-36/h1-4,7-18,21-26H,5-6,19-20H2. The van der Waals surface area contributed by atoms with Crippen LogP contribution in [0.1, 0.15) is 36.8 Å². The average Bonchev–Trinajstić information content (AvgIpc) is 3.85. The Morgan fingerprint density at radius 2 is 0.698 bits per heavy atom. The summed E-state index contributed by atoms with van der Waals surface area (Å²) < 4.78 is 0. The topological polar surface area (TPSA) is 129 Å². The van der Waals surface area contributed by atoms with Crippen LogP contribution in [0.4, 0.5) is 0 Å². The summed E-state index contributed by atoms with van der Waals surface area (Å²) in [6.45, 7) is 0. The third-order valence-corrected chi connectivity index (χ3v) is 10.2. The number of pyridine rings is 4. The van der Waals surface area contributed by atoms with Crippen molar-refractivity contribution in [2.24, 2.45) is 0 Å². The number of benzene rings is 2. The zero-order valence-electron chi connectivity index (χ0n) is 28.5. The Kier molecular flexibility index (Phi) is 7.38. The third kappa shape index (κ3) is 5.43. The maximum Gasteiger partial charge on any atom is 0.182 e. The van der Waals surface area contributed by atoms with Crippen molar-refractivity contribution in [3.63, 3.8) is 0 Å². The van der Waals surface area contributed by atoms with Crippen LogP contribution in [-0.2, 0) is 5.41 Å². The molecule has 0 unspecified atom stereocenters. The van der Waals surface area contributed by atoms with E-state index in [1.165, 1.54) is 22.3 Å². The van der Waals surface area contributed by atoms with Gasteiger partial charge in [-0.1, -0.05) is 61.4 Å². The Bertz CT molecular complexity index is 2320. The van der Waals surface area contributed by atoms with Crippen LogP contribution in [-0.4, -0.2) is 49.8 Å². The minimum absolute atomic E-state index is 0.155. The van der Waals surface area contributed by atoms with Gasteiger partial charge in [-0.15, -0.1) is 0 Å². The summed E-state index contributed by atoms with van der Waals surface area (Å²) >= 11 is 0. The number of hydrogen-bond donors (Lipinski definition) is 0. The molecule has 0 bridgehead atoms. The van der Waals surface area contributed by atoms with Crippen molar-refractivity contribution >= 4 is 0 Å². The van der Waals surface area contributed by atoms with E-state index in [9.17, 15) is 0 Å². The Labute approximate surface area is 305 Å². The lowest BCUT2D eigenvalue weighted by Crippen LogP contribution is -2.20. The zero-order valence-corrected chi connectivity index (χ0v) is 28.5. The van der Waals surface area contributed by atoms with Crippen molar-refractivity contribution in [3.05, 3.63) is 145 Å². The van der Waals surface area contributed by atoms with Crippen LogP contribution in [0.25, 0.3) is 80.0 Å². The maximum absolute atomic E-state index is 4.96. The minimum Gasteiger partial charge on any atom is -0.253 e. The van der Waals surface area contributed by atoms with E-state index < -0.39 is 0 Å². The highest BCUT2D eigenvalue weighted by molar-refractivity contribution is 5.85. The quantitative estimate of drug-likeness (QED) is 0.168. The first kappa shape index (κ1) is 30.8. The van der Waals surface area contributed by atoms with Crippen molar-refractivity contribution in [2.45, 2.75) is 31.1 Å². The van der Waals surface area contributed by atoms with E-state index in [0.717, 1.165) is 36.8 Å². The lowest BCUT2D eigenvalue weighted by Gasteiger charge is -2.27. The van der Waals surface area contributed by atoms with Crippen LogP contribution in [0, 0.1) is 0 Å². The zero-order chi connectivity index (χ0) is 35.2. The normalized spacial score (nSPS) is 13.9. The third-order valence-electron chi connectivity index (χ3n) is 10.2. The molecule has 1 saturated carbocycles. The van der Waals surface area contributed by atoms with Gasteiger partial charge < -0.3 is 0 Å². The summed E-state index contributed by atoms with van der Waals surface area (Å²) in [6.07, 6.45) is 11.4. The van der Waals surface area contributed by atoms with E-state index in [1.54, 1.807) is 24.8 Å². The van der Waals surface area contributed by atoms with Gasteiger partial charge >= 0.3 is 0 Å². The monoisotopic (exact) mass is 686 g/mol. The molecule has 0 atom stereocenters. The van der Waals surface area contributed by atoms with Crippen molar-refractivity contribution in [1.29, 1.82) is 0 Å². The van der Waals surface area contributed by atoms with Crippen molar-refractivity contribution in [2.75, 3.05) is 0 Å². The van der Waals surface area contributed by atoms with Gasteiger partial charge in [0, 0.05) is 41.3 Å². The Balaban J connectivity index is 1.10. The van der Waals surface area contributed by atoms with Gasteiger partial charge in [-0.3, -0.25) is 19.9 Å². The van der Waals surface area contributed by atoms with Gasteiger partial charge in [-0.25, -0.2) is 29.9 Å². The molecule has 53 heavy (non-hydrogen) atoms. The molecule has 1 fully saturated rings. The molecule has 10 heteroatoms. The summed E-state index contributed by atoms with van der Waals surface area (Å²) in [5.41, 5.74) is 9.49. The fraction of sp³-hybridized carbons (Fsp3) is 0.116. The lowest BCUT2D eigenvalue weighted by atomic mass is 9.76. The first-order valence-electron chi connectivity index (χ1n) is 17.7. The molecule has 6 heterocycles. The van der Waals surface area contributed by atoms with E-state index in [-0.39, 0.29) is 5.41 Å². The van der Waals surface area contributed by atoms with Crippen LogP contribution in [0.2, 0.25) is 0 Å². The second kappa shape index (κ2) is 12.7. The fourth-order valence-corrected chi connectivity index (χ4v) is 7.74. The molecule has 10 rings (SSSR count). The molecule has 252 valence electrons. The predicted octanol–water partition coefficient (Wildman–Crippen LogP) is 8.48. The summed E-state index contributed by atoms with van der Waals surface area (Å²) in [5.74, 6) is 3.20. The van der Waals surface area contributed by atoms with Crippen LogP contribution in [0.5, 0.6) is 0 Å². The molecule has 0 saturated heterocycles. The smallest absolute Gasteiger partial charge is 0.182 e. The van der Waals surface area contributed by atoms with E-state index in [2.05, 4.69) is 56.3 Å². The van der Waals surface area contributed by atoms with Crippen molar-refractivity contribution < 1.29 is 0 Å². The predicted molar refractivity (Wildman–Crippen MR) is 202 cm³/mol. The van der Waals surface area contributed by atoms with E-state index in [1.807, 2.05) is 72.8 Å². The van der Waals surface area contributed by atoms with E-state index in [4.69, 9.17) is 29.9 Å². The molecule has 6 aromatic heterocycles. The second-order valence-corrected chi connectivity index (χ2v) is 13.3. The Hall–Kier alpha value is -6.94. The molecule has 2 aromatic carbocycles. The summed E-state index contributed by atoms with van der Waals surface area (Å²) in [4.78, 5) is 47.6. The molecule has 0 aliphatic heterocycles. The molecular weight excluding hydrogens is 657 g/mol. The van der Waals surface area contributed by atoms with Gasteiger partial charge in [0.05, 0.1) is 0 Å². The minimum atomic E-state index is -0.155. The van der Waals surface area contributed by atoms with Gasteiger partial charge in [0.15, 0.2) is 34.9 Å². The van der Waals surface area contributed by atoms with Gasteiger partial charge in [0.1, 0.15) is 22.8 Å². The number of aromatic nitrogens is 10. The maximum atomic E-state index is 4.96. The summed E-state index contributed by atoms with van der Waals surface area (Å²) in [6, 6.07) is 36.2. The van der Waals surface area contributed by atoms with Crippen LogP contribution in [0.3, 0.4) is 0 Å². The fourth-order valence-electron chi connectivity index (χ4n) is 7.74. The molecule has 0 amide bonds. The summed E-state index contributed by atoms with van der Waals surface area (Å²) in [5, 5.41) is 0. The number of fused-ring (bicyclic) bond motifs is 5. The van der Waals surface area contributed by atoms with E-state index in [0.29, 0.717) is 57.7 Å². The molecule has 1 spiro atoms. The van der Waals surface area contributed by atoms with Crippen LogP contribution in [0.15, 0.2) is 134 Å². The molecular formula is C43H30N10. The first-order chi connectivity index (χ1) is 26.2. The van der Waals surface area contributed by atoms with Crippen LogP contribution >= 0.6 is 0 Å². The molecule has 2 aliphatic carbocycles. The Morgan fingerprint density at radius 1 is 0.358 bits per heavy atom. The van der Waals surface area contributed by atoms with Gasteiger partial charge in [-0.05, 0) is 95.8 Å². The molecule has 10 nitrogen and oxygen atoms in total. The lowest BCUT2D eigenvalue weighted by molar-refractivity contribution is 0.550. The van der Waals surface area contributed by atoms with Gasteiger partial charge in [-0.2, -0.15) is 0 Å². The SMILES string of the molecule is c1ccc(-c2nc(-c3ccc4c(c3)C3(CCCC3)c3cc(-c5nc(-c6ccccn6)nc(-c6ccccn6)n5)ccc3-4)nc(-c3ccccn3)n2)nc1. The van der Waals surface area contributed by atoms with Crippen LogP contribution < -0.4 is 0 Å². The number of nitrogens with zero attached hydrogens (tertiary/aromatic N) is 10.